The smallest absolute Gasteiger partial charge is 0.331 e. The lowest BCUT2D eigenvalue weighted by Gasteiger charge is -2.61. The van der Waals surface area contributed by atoms with Crippen molar-refractivity contribution in [2.24, 2.45) is 34.5 Å². The quantitative estimate of drug-likeness (QED) is 0.535. The molecule has 6 heteroatoms. The predicted octanol–water partition coefficient (Wildman–Crippen LogP) is 3.16. The lowest BCUT2D eigenvalue weighted by atomic mass is 9.44. The lowest BCUT2D eigenvalue weighted by Crippen LogP contribution is -2.58. The topological polar surface area (TPSA) is 85.4 Å². The summed E-state index contributed by atoms with van der Waals surface area (Å²) in [5.41, 5.74) is 0.760. The van der Waals surface area contributed by atoms with Crippen molar-refractivity contribution in [1.82, 2.24) is 0 Å². The number of aliphatic hydroxyl groups is 1. The fraction of sp³-hybridized carbons (Fsp3) is 0.840. The molecule has 1 spiro atoms. The fourth-order valence-corrected chi connectivity index (χ4v) is 9.18. The van der Waals surface area contributed by atoms with Crippen LogP contribution in [0.2, 0.25) is 0 Å². The van der Waals surface area contributed by atoms with Crippen molar-refractivity contribution in [2.45, 2.75) is 89.6 Å². The van der Waals surface area contributed by atoms with Crippen LogP contribution in [0.3, 0.4) is 0 Å². The first-order valence-corrected chi connectivity index (χ1v) is 12.1. The summed E-state index contributed by atoms with van der Waals surface area (Å²) in [6.45, 7) is 6.52. The van der Waals surface area contributed by atoms with Crippen molar-refractivity contribution in [3.8, 4) is 0 Å². The molecule has 4 saturated carbocycles. The second-order valence-electron chi connectivity index (χ2n) is 11.6. The summed E-state index contributed by atoms with van der Waals surface area (Å²) in [6, 6.07) is 0. The first-order valence-electron chi connectivity index (χ1n) is 12.1. The van der Waals surface area contributed by atoms with Crippen molar-refractivity contribution < 1.29 is 28.9 Å². The van der Waals surface area contributed by atoms with Crippen LogP contribution in [-0.2, 0) is 23.8 Å². The number of hydrogen-bond donors (Lipinski definition) is 1. The molecule has 0 aromatic heterocycles. The zero-order valence-electron chi connectivity index (χ0n) is 18.8. The van der Waals surface area contributed by atoms with Gasteiger partial charge in [0.1, 0.15) is 24.4 Å². The van der Waals surface area contributed by atoms with Gasteiger partial charge < -0.3 is 19.3 Å². The predicted molar refractivity (Wildman–Crippen MR) is 111 cm³/mol. The van der Waals surface area contributed by atoms with Gasteiger partial charge in [0.25, 0.3) is 0 Å². The minimum Gasteiger partial charge on any atom is -0.459 e. The molecule has 0 amide bonds. The molecular weight excluding hydrogens is 396 g/mol. The van der Waals surface area contributed by atoms with Crippen LogP contribution in [-0.4, -0.2) is 47.6 Å². The third-order valence-corrected chi connectivity index (χ3v) is 10.5. The van der Waals surface area contributed by atoms with Crippen LogP contribution < -0.4 is 0 Å². The average Bonchev–Trinajstić information content (AvgIpc) is 3.25. The number of cyclic esters (lactones) is 1. The molecule has 10 atom stereocenters. The number of epoxide rings is 1. The molecular formula is C25H34O6. The lowest BCUT2D eigenvalue weighted by molar-refractivity contribution is -0.162. The minimum atomic E-state index is -0.347. The maximum atomic E-state index is 12.0. The summed E-state index contributed by atoms with van der Waals surface area (Å²) in [5.74, 6) is 0.987. The number of carbonyl (C=O) groups excluding carboxylic acids is 2. The molecule has 170 valence electrons. The third kappa shape index (κ3) is 2.47. The summed E-state index contributed by atoms with van der Waals surface area (Å²) in [7, 11) is 0. The van der Waals surface area contributed by atoms with E-state index in [9.17, 15) is 14.7 Å². The standard InChI is InChI=1S/C25H34O6/c1-13(26)30-21-20(14-10-19(28)29-12-14)24(3)9-7-17-18(25(24)22(21)31-25)5-4-15-11-16(27)6-8-23(15,17)2/h10,15-18,20-22,27H,4-9,11-12H2,1-3H3. The molecule has 31 heavy (non-hydrogen) atoms. The number of aliphatic hydroxyl groups excluding tert-OH is 1. The first-order chi connectivity index (χ1) is 14.7. The second kappa shape index (κ2) is 6.34. The molecule has 0 bridgehead atoms. The largest absolute Gasteiger partial charge is 0.459 e. The molecule has 2 aliphatic heterocycles. The SMILES string of the molecule is CC(=O)OC1C(C2=CC(=O)OC2)C2(C)CCC3C(CCC4CC(O)CCC43C)C23OC13. The monoisotopic (exact) mass is 430 g/mol. The molecule has 0 radical (unpaired) electrons. The summed E-state index contributed by atoms with van der Waals surface area (Å²) < 4.78 is 17.8. The van der Waals surface area contributed by atoms with Gasteiger partial charge in [-0.25, -0.2) is 4.79 Å². The Labute approximate surface area is 183 Å². The highest BCUT2D eigenvalue weighted by atomic mass is 16.7. The van der Waals surface area contributed by atoms with Crippen LogP contribution in [0.5, 0.6) is 0 Å². The Hall–Kier alpha value is -1.40. The van der Waals surface area contributed by atoms with E-state index in [1.54, 1.807) is 6.08 Å². The van der Waals surface area contributed by atoms with Gasteiger partial charge in [-0.1, -0.05) is 13.8 Å². The Kier molecular flexibility index (Phi) is 4.14. The van der Waals surface area contributed by atoms with E-state index in [1.165, 1.54) is 6.92 Å². The molecule has 10 unspecified atom stereocenters. The van der Waals surface area contributed by atoms with Crippen LogP contribution >= 0.6 is 0 Å². The van der Waals surface area contributed by atoms with Crippen LogP contribution in [0.1, 0.15) is 65.7 Å². The third-order valence-electron chi connectivity index (χ3n) is 10.5. The van der Waals surface area contributed by atoms with Gasteiger partial charge in [0.15, 0.2) is 0 Å². The van der Waals surface area contributed by atoms with E-state index in [2.05, 4.69) is 13.8 Å². The minimum absolute atomic E-state index is 0.0266. The molecule has 1 N–H and O–H groups in total. The molecule has 2 heterocycles. The van der Waals surface area contributed by atoms with Crippen molar-refractivity contribution in [3.63, 3.8) is 0 Å². The Morgan fingerprint density at radius 3 is 2.68 bits per heavy atom. The van der Waals surface area contributed by atoms with E-state index in [0.717, 1.165) is 50.5 Å². The average molecular weight is 431 g/mol. The Balaban J connectivity index is 1.39. The van der Waals surface area contributed by atoms with Gasteiger partial charge in [-0.05, 0) is 73.7 Å². The van der Waals surface area contributed by atoms with Gasteiger partial charge in [-0.15, -0.1) is 0 Å². The molecule has 0 aromatic carbocycles. The van der Waals surface area contributed by atoms with E-state index in [-0.39, 0.29) is 52.6 Å². The zero-order chi connectivity index (χ0) is 21.8. The van der Waals surface area contributed by atoms with Crippen molar-refractivity contribution >= 4 is 11.9 Å². The van der Waals surface area contributed by atoms with Gasteiger partial charge in [0, 0.05) is 24.3 Å². The van der Waals surface area contributed by atoms with E-state index >= 15 is 0 Å². The van der Waals surface area contributed by atoms with E-state index in [4.69, 9.17) is 14.2 Å². The van der Waals surface area contributed by atoms with Crippen molar-refractivity contribution in [3.05, 3.63) is 11.6 Å². The number of ether oxygens (including phenoxy) is 3. The molecule has 0 aromatic rings. The summed E-state index contributed by atoms with van der Waals surface area (Å²) in [5, 5.41) is 10.3. The highest BCUT2D eigenvalue weighted by Crippen LogP contribution is 2.77. The number of esters is 2. The van der Waals surface area contributed by atoms with Crippen LogP contribution in [0.4, 0.5) is 0 Å². The van der Waals surface area contributed by atoms with Gasteiger partial charge in [0.2, 0.25) is 0 Å². The maximum absolute atomic E-state index is 12.0. The molecule has 6 rings (SSSR count). The Morgan fingerprint density at radius 1 is 1.16 bits per heavy atom. The molecule has 1 saturated heterocycles. The maximum Gasteiger partial charge on any atom is 0.331 e. The van der Waals surface area contributed by atoms with Crippen LogP contribution in [0, 0.1) is 34.5 Å². The highest BCUT2D eigenvalue weighted by Gasteiger charge is 2.85. The van der Waals surface area contributed by atoms with E-state index in [0.29, 0.717) is 24.4 Å². The number of hydrogen-bond acceptors (Lipinski definition) is 6. The molecule has 5 fully saturated rings. The number of rotatable bonds is 2. The van der Waals surface area contributed by atoms with E-state index in [1.807, 2.05) is 0 Å². The fourth-order valence-electron chi connectivity index (χ4n) is 9.18. The van der Waals surface area contributed by atoms with Gasteiger partial charge >= 0.3 is 11.9 Å². The van der Waals surface area contributed by atoms with Crippen LogP contribution in [0.25, 0.3) is 0 Å². The van der Waals surface area contributed by atoms with Gasteiger partial charge in [-0.3, -0.25) is 4.79 Å². The summed E-state index contributed by atoms with van der Waals surface area (Å²) in [6.07, 6.45) is 8.33. The summed E-state index contributed by atoms with van der Waals surface area (Å²) >= 11 is 0. The van der Waals surface area contributed by atoms with Crippen LogP contribution in [0.15, 0.2) is 11.6 Å². The molecule has 4 aliphatic carbocycles. The molecule has 6 aliphatic rings. The van der Waals surface area contributed by atoms with E-state index < -0.39 is 0 Å². The number of fused-ring (bicyclic) bond motifs is 3. The first kappa shape index (κ1) is 20.2. The highest BCUT2D eigenvalue weighted by molar-refractivity contribution is 5.85. The van der Waals surface area contributed by atoms with Gasteiger partial charge in [-0.2, -0.15) is 0 Å². The Bertz CT molecular complexity index is 866. The summed E-state index contributed by atoms with van der Waals surface area (Å²) in [4.78, 5) is 23.9. The normalized spacial score (nSPS) is 54.6. The Morgan fingerprint density at radius 2 is 1.97 bits per heavy atom. The van der Waals surface area contributed by atoms with Gasteiger partial charge in [0.05, 0.1) is 6.10 Å². The number of carbonyl (C=O) groups is 2. The zero-order valence-corrected chi connectivity index (χ0v) is 18.8. The molecule has 6 nitrogen and oxygen atoms in total. The van der Waals surface area contributed by atoms with Crippen molar-refractivity contribution in [2.75, 3.05) is 6.61 Å². The second-order valence-corrected chi connectivity index (χ2v) is 11.6. The van der Waals surface area contributed by atoms with Crippen molar-refractivity contribution in [1.29, 1.82) is 0 Å².